The zero-order valence-electron chi connectivity index (χ0n) is 6.52. The molecule has 0 unspecified atom stereocenters. The van der Waals surface area contributed by atoms with Crippen molar-refractivity contribution in [3.05, 3.63) is 21.4 Å². The molecular formula is C7H5F3INS. The molecular weight excluding hydrogens is 314 g/mol. The van der Waals surface area contributed by atoms with Crippen molar-refractivity contribution in [1.82, 2.24) is 4.98 Å². The molecule has 0 N–H and O–H groups in total. The van der Waals surface area contributed by atoms with Crippen LogP contribution in [0, 0.1) is 3.70 Å². The fourth-order valence-corrected chi connectivity index (χ4v) is 1.93. The number of alkyl halides is 3. The first-order chi connectivity index (χ1) is 5.93. The van der Waals surface area contributed by atoms with E-state index in [4.69, 9.17) is 0 Å². The van der Waals surface area contributed by atoms with E-state index >= 15 is 0 Å². The highest BCUT2D eigenvalue weighted by Crippen LogP contribution is 2.31. The van der Waals surface area contributed by atoms with E-state index < -0.39 is 11.7 Å². The first-order valence-electron chi connectivity index (χ1n) is 3.22. The highest BCUT2D eigenvalue weighted by Gasteiger charge is 2.31. The standard InChI is InChI=1S/C7H5F3INS/c1-13-6-3-4(7(8,9)10)2-5(11)12-6/h2-3H,1H3. The molecule has 1 aromatic rings. The summed E-state index contributed by atoms with van der Waals surface area (Å²) in [6, 6.07) is 2.08. The molecule has 0 fully saturated rings. The van der Waals surface area contributed by atoms with Gasteiger partial charge in [0, 0.05) is 0 Å². The van der Waals surface area contributed by atoms with Crippen LogP contribution in [-0.4, -0.2) is 11.2 Å². The molecule has 1 aromatic heterocycles. The van der Waals surface area contributed by atoms with Gasteiger partial charge < -0.3 is 0 Å². The number of hydrogen-bond acceptors (Lipinski definition) is 2. The second-order valence-electron chi connectivity index (χ2n) is 2.22. The Morgan fingerprint density at radius 3 is 2.46 bits per heavy atom. The van der Waals surface area contributed by atoms with Crippen molar-refractivity contribution in [3.8, 4) is 0 Å². The lowest BCUT2D eigenvalue weighted by Gasteiger charge is -2.07. The second kappa shape index (κ2) is 4.04. The molecule has 1 nitrogen and oxygen atoms in total. The van der Waals surface area contributed by atoms with Gasteiger partial charge in [-0.15, -0.1) is 11.8 Å². The van der Waals surface area contributed by atoms with Crippen molar-refractivity contribution in [2.24, 2.45) is 0 Å². The van der Waals surface area contributed by atoms with Crippen LogP contribution in [0.4, 0.5) is 13.2 Å². The number of rotatable bonds is 1. The fourth-order valence-electron chi connectivity index (χ4n) is 0.741. The van der Waals surface area contributed by atoms with Gasteiger partial charge in [-0.25, -0.2) is 4.98 Å². The Morgan fingerprint density at radius 2 is 2.00 bits per heavy atom. The third-order valence-corrected chi connectivity index (χ3v) is 2.49. The smallest absolute Gasteiger partial charge is 0.236 e. The Morgan fingerprint density at radius 1 is 1.38 bits per heavy atom. The SMILES string of the molecule is CSc1cc(C(F)(F)F)cc(I)n1. The largest absolute Gasteiger partial charge is 0.416 e. The Balaban J connectivity index is 3.16. The molecule has 0 aromatic carbocycles. The molecule has 1 rings (SSSR count). The summed E-state index contributed by atoms with van der Waals surface area (Å²) in [6.45, 7) is 0. The molecule has 0 saturated heterocycles. The minimum Gasteiger partial charge on any atom is -0.236 e. The van der Waals surface area contributed by atoms with Crippen LogP contribution in [-0.2, 0) is 6.18 Å². The summed E-state index contributed by atoms with van der Waals surface area (Å²) in [5.74, 6) is 0. The third kappa shape index (κ3) is 3.01. The minimum absolute atomic E-state index is 0.358. The summed E-state index contributed by atoms with van der Waals surface area (Å²) < 4.78 is 37.1. The van der Waals surface area contributed by atoms with Crippen LogP contribution >= 0.6 is 34.4 Å². The Bertz CT molecular complexity index is 313. The molecule has 72 valence electrons. The zero-order valence-corrected chi connectivity index (χ0v) is 9.50. The van der Waals surface area contributed by atoms with Crippen LogP contribution in [0.15, 0.2) is 17.2 Å². The van der Waals surface area contributed by atoms with E-state index in [0.717, 1.165) is 12.1 Å². The molecule has 0 radical (unpaired) electrons. The van der Waals surface area contributed by atoms with Gasteiger partial charge in [0.15, 0.2) is 0 Å². The summed E-state index contributed by atoms with van der Waals surface area (Å²) in [5.41, 5.74) is -0.642. The summed E-state index contributed by atoms with van der Waals surface area (Å²) in [7, 11) is 0. The monoisotopic (exact) mass is 319 g/mol. The summed E-state index contributed by atoms with van der Waals surface area (Å²) >= 11 is 2.97. The maximum atomic E-state index is 12.2. The second-order valence-corrected chi connectivity index (χ2v) is 4.15. The van der Waals surface area contributed by atoms with E-state index in [-0.39, 0.29) is 0 Å². The van der Waals surface area contributed by atoms with Crippen molar-refractivity contribution in [2.75, 3.05) is 6.26 Å². The van der Waals surface area contributed by atoms with Gasteiger partial charge in [-0.05, 0) is 41.0 Å². The normalized spacial score (nSPS) is 11.8. The maximum Gasteiger partial charge on any atom is 0.416 e. The van der Waals surface area contributed by atoms with Crippen molar-refractivity contribution >= 4 is 34.4 Å². The molecule has 0 aliphatic heterocycles. The molecule has 0 saturated carbocycles. The van der Waals surface area contributed by atoms with Crippen molar-refractivity contribution < 1.29 is 13.2 Å². The summed E-state index contributed by atoms with van der Waals surface area (Å²) in [4.78, 5) is 3.92. The van der Waals surface area contributed by atoms with Gasteiger partial charge in [0.05, 0.1) is 10.6 Å². The number of thioether (sulfide) groups is 1. The minimum atomic E-state index is -4.28. The lowest BCUT2D eigenvalue weighted by atomic mass is 10.3. The molecule has 0 bridgehead atoms. The van der Waals surface area contributed by atoms with E-state index in [1.807, 2.05) is 0 Å². The molecule has 0 atom stereocenters. The molecule has 13 heavy (non-hydrogen) atoms. The predicted molar refractivity (Wildman–Crippen MR) is 53.7 cm³/mol. The first-order valence-corrected chi connectivity index (χ1v) is 5.52. The highest BCUT2D eigenvalue weighted by atomic mass is 127. The molecule has 0 amide bonds. The molecule has 0 aliphatic rings. The fraction of sp³-hybridized carbons (Fsp3) is 0.286. The highest BCUT2D eigenvalue weighted by molar-refractivity contribution is 14.1. The lowest BCUT2D eigenvalue weighted by Crippen LogP contribution is -2.06. The quantitative estimate of drug-likeness (QED) is 0.447. The zero-order chi connectivity index (χ0) is 10.1. The first kappa shape index (κ1) is 11.1. The van der Waals surface area contributed by atoms with Crippen molar-refractivity contribution in [3.63, 3.8) is 0 Å². The molecule has 0 spiro atoms. The van der Waals surface area contributed by atoms with Crippen LogP contribution in [0.3, 0.4) is 0 Å². The van der Waals surface area contributed by atoms with Gasteiger partial charge in [-0.1, -0.05) is 0 Å². The van der Waals surface area contributed by atoms with Gasteiger partial charge in [0.2, 0.25) is 0 Å². The Hall–Kier alpha value is 0.0200. The maximum absolute atomic E-state index is 12.2. The molecule has 6 heteroatoms. The topological polar surface area (TPSA) is 12.9 Å². The Labute approximate surface area is 91.3 Å². The van der Waals surface area contributed by atoms with Crippen LogP contribution in [0.5, 0.6) is 0 Å². The van der Waals surface area contributed by atoms with Crippen molar-refractivity contribution in [1.29, 1.82) is 0 Å². The van der Waals surface area contributed by atoms with Gasteiger partial charge in [0.25, 0.3) is 0 Å². The van der Waals surface area contributed by atoms with E-state index in [2.05, 4.69) is 4.98 Å². The molecule has 1 heterocycles. The van der Waals surface area contributed by atoms with Crippen molar-refractivity contribution in [2.45, 2.75) is 11.2 Å². The number of halogens is 4. The third-order valence-electron chi connectivity index (χ3n) is 1.31. The molecule has 0 aliphatic carbocycles. The lowest BCUT2D eigenvalue weighted by molar-refractivity contribution is -0.137. The van der Waals surface area contributed by atoms with Crippen LogP contribution < -0.4 is 0 Å². The average Bonchev–Trinajstić information content (AvgIpc) is 2.01. The Kier molecular flexibility index (Phi) is 3.44. The number of aromatic nitrogens is 1. The average molecular weight is 319 g/mol. The van der Waals surface area contributed by atoms with Gasteiger partial charge in [-0.3, -0.25) is 0 Å². The summed E-state index contributed by atoms with van der Waals surface area (Å²) in [6.07, 6.45) is -2.59. The number of pyridine rings is 1. The van der Waals surface area contributed by atoms with E-state index in [1.165, 1.54) is 11.8 Å². The van der Waals surface area contributed by atoms with Gasteiger partial charge >= 0.3 is 6.18 Å². The van der Waals surface area contributed by atoms with E-state index in [9.17, 15) is 13.2 Å². The van der Waals surface area contributed by atoms with Crippen LogP contribution in [0.2, 0.25) is 0 Å². The van der Waals surface area contributed by atoms with Crippen LogP contribution in [0.1, 0.15) is 5.56 Å². The number of hydrogen-bond donors (Lipinski definition) is 0. The van der Waals surface area contributed by atoms with E-state index in [0.29, 0.717) is 8.73 Å². The van der Waals surface area contributed by atoms with Gasteiger partial charge in [0.1, 0.15) is 3.70 Å². The van der Waals surface area contributed by atoms with E-state index in [1.54, 1.807) is 28.8 Å². The number of nitrogens with zero attached hydrogens (tertiary/aromatic N) is 1. The van der Waals surface area contributed by atoms with Gasteiger partial charge in [-0.2, -0.15) is 13.2 Å². The van der Waals surface area contributed by atoms with Crippen LogP contribution in [0.25, 0.3) is 0 Å². The predicted octanol–water partition coefficient (Wildman–Crippen LogP) is 3.43. The summed E-state index contributed by atoms with van der Waals surface area (Å²) in [5, 5.41) is 0.388.